The van der Waals surface area contributed by atoms with E-state index in [1.807, 2.05) is 0 Å². The molecule has 0 aromatic heterocycles. The Morgan fingerprint density at radius 1 is 1.55 bits per heavy atom. The lowest BCUT2D eigenvalue weighted by molar-refractivity contribution is -0.111. The van der Waals surface area contributed by atoms with Crippen LogP contribution >= 0.6 is 39.1 Å². The van der Waals surface area contributed by atoms with Gasteiger partial charge in [0.2, 0.25) is 5.78 Å². The molecule has 0 heterocycles. The van der Waals surface area contributed by atoms with Crippen LogP contribution in [0.25, 0.3) is 0 Å². The van der Waals surface area contributed by atoms with Crippen molar-refractivity contribution in [3.8, 4) is 0 Å². The van der Waals surface area contributed by atoms with Crippen molar-refractivity contribution in [2.24, 2.45) is 0 Å². The van der Waals surface area contributed by atoms with E-state index in [0.717, 1.165) is 0 Å². The first kappa shape index (κ1) is 9.30. The van der Waals surface area contributed by atoms with Gasteiger partial charge in [-0.25, -0.2) is 0 Å². The number of rotatable bonds is 0. The molecule has 0 aliphatic heterocycles. The lowest BCUT2D eigenvalue weighted by atomic mass is 10.0. The van der Waals surface area contributed by atoms with E-state index in [4.69, 9.17) is 23.2 Å². The molecule has 1 rings (SSSR count). The lowest BCUT2D eigenvalue weighted by Crippen LogP contribution is -2.17. The second kappa shape index (κ2) is 2.92. The zero-order chi connectivity index (χ0) is 8.65. The average Bonchev–Trinajstić information content (AvgIpc) is 1.81. The maximum absolute atomic E-state index is 11.0. The number of hydrogen-bond acceptors (Lipinski definition) is 1. The minimum Gasteiger partial charge on any atom is -0.287 e. The predicted octanol–water partition coefficient (Wildman–Crippen LogP) is 2.97. The van der Waals surface area contributed by atoms with Crippen molar-refractivity contribution in [2.45, 2.75) is 11.8 Å². The van der Waals surface area contributed by atoms with Crippen LogP contribution in [0.3, 0.4) is 0 Å². The van der Waals surface area contributed by atoms with Crippen molar-refractivity contribution in [3.05, 3.63) is 21.7 Å². The van der Waals surface area contributed by atoms with Crippen molar-refractivity contribution < 1.29 is 4.79 Å². The number of allylic oxidation sites excluding steroid dienone is 4. The van der Waals surface area contributed by atoms with Gasteiger partial charge >= 0.3 is 0 Å². The summed E-state index contributed by atoms with van der Waals surface area (Å²) < 4.78 is 0.419. The summed E-state index contributed by atoms with van der Waals surface area (Å²) in [5.41, 5.74) is 0. The summed E-state index contributed by atoms with van der Waals surface area (Å²) >= 11 is 14.6. The number of hydrogen-bond donors (Lipinski definition) is 0. The summed E-state index contributed by atoms with van der Waals surface area (Å²) in [7, 11) is 0. The standard InChI is InChI=1S/C7H5BrCl2O/c1-7(10)2-4(8)6(11)5(9)3-7/h2-3H,1H3. The number of ketones is 1. The van der Waals surface area contributed by atoms with Crippen LogP contribution in [0.1, 0.15) is 6.92 Å². The van der Waals surface area contributed by atoms with Gasteiger partial charge in [-0.15, -0.1) is 11.6 Å². The van der Waals surface area contributed by atoms with E-state index >= 15 is 0 Å². The highest BCUT2D eigenvalue weighted by atomic mass is 79.9. The van der Waals surface area contributed by atoms with Crippen molar-refractivity contribution in [2.75, 3.05) is 0 Å². The third-order valence-electron chi connectivity index (χ3n) is 1.25. The predicted molar refractivity (Wildman–Crippen MR) is 50.2 cm³/mol. The molecule has 1 aliphatic carbocycles. The molecule has 1 nitrogen and oxygen atoms in total. The molecule has 0 bridgehead atoms. The Kier molecular flexibility index (Phi) is 2.47. The number of carbonyl (C=O) groups excluding carboxylic acids is 1. The van der Waals surface area contributed by atoms with Gasteiger partial charge in [0, 0.05) is 0 Å². The molecule has 11 heavy (non-hydrogen) atoms. The fourth-order valence-electron chi connectivity index (χ4n) is 0.782. The first-order chi connectivity index (χ1) is 4.92. The van der Waals surface area contributed by atoms with Gasteiger partial charge in [-0.2, -0.15) is 0 Å². The van der Waals surface area contributed by atoms with Gasteiger partial charge in [-0.3, -0.25) is 4.79 Å². The van der Waals surface area contributed by atoms with Gasteiger partial charge in [-0.05, 0) is 35.0 Å². The third kappa shape index (κ3) is 2.08. The highest BCUT2D eigenvalue weighted by Crippen LogP contribution is 2.31. The van der Waals surface area contributed by atoms with Crippen LogP contribution in [0.4, 0.5) is 0 Å². The Balaban J connectivity index is 3.08. The number of alkyl halides is 1. The monoisotopic (exact) mass is 254 g/mol. The number of halogens is 3. The highest BCUT2D eigenvalue weighted by Gasteiger charge is 2.26. The zero-order valence-electron chi connectivity index (χ0n) is 5.70. The fourth-order valence-corrected chi connectivity index (χ4v) is 2.32. The maximum atomic E-state index is 11.0. The Morgan fingerprint density at radius 3 is 2.55 bits per heavy atom. The minimum absolute atomic E-state index is 0.164. The fraction of sp³-hybridized carbons (Fsp3) is 0.286. The molecule has 0 radical (unpaired) electrons. The van der Waals surface area contributed by atoms with Crippen LogP contribution in [-0.4, -0.2) is 10.7 Å². The Labute approximate surface area is 83.2 Å². The van der Waals surface area contributed by atoms with E-state index in [2.05, 4.69) is 15.9 Å². The van der Waals surface area contributed by atoms with Crippen LogP contribution in [-0.2, 0) is 4.79 Å². The van der Waals surface area contributed by atoms with Gasteiger partial charge in [0.15, 0.2) is 0 Å². The van der Waals surface area contributed by atoms with Crippen LogP contribution in [0.2, 0.25) is 0 Å². The van der Waals surface area contributed by atoms with Crippen molar-refractivity contribution >= 4 is 44.9 Å². The second-order valence-electron chi connectivity index (χ2n) is 2.46. The first-order valence-corrected chi connectivity index (χ1v) is 4.47. The van der Waals surface area contributed by atoms with E-state index in [0.29, 0.717) is 4.48 Å². The maximum Gasteiger partial charge on any atom is 0.210 e. The molecule has 4 heteroatoms. The molecule has 0 amide bonds. The molecule has 0 aromatic rings. The Hall–Kier alpha value is 0.210. The summed E-state index contributed by atoms with van der Waals surface area (Å²) in [6.45, 7) is 1.75. The van der Waals surface area contributed by atoms with Crippen LogP contribution < -0.4 is 0 Å². The van der Waals surface area contributed by atoms with Gasteiger partial charge in [-0.1, -0.05) is 11.6 Å². The molecule has 60 valence electrons. The smallest absolute Gasteiger partial charge is 0.210 e. The van der Waals surface area contributed by atoms with Crippen LogP contribution in [0.15, 0.2) is 21.7 Å². The topological polar surface area (TPSA) is 17.1 Å². The molecule has 0 spiro atoms. The van der Waals surface area contributed by atoms with E-state index in [-0.39, 0.29) is 10.8 Å². The molecule has 0 aromatic carbocycles. The van der Waals surface area contributed by atoms with E-state index in [9.17, 15) is 4.79 Å². The van der Waals surface area contributed by atoms with Gasteiger partial charge < -0.3 is 0 Å². The van der Waals surface area contributed by atoms with Crippen molar-refractivity contribution in [1.29, 1.82) is 0 Å². The Morgan fingerprint density at radius 2 is 2.09 bits per heavy atom. The summed E-state index contributed by atoms with van der Waals surface area (Å²) in [4.78, 5) is 10.4. The normalized spacial score (nSPS) is 31.5. The largest absolute Gasteiger partial charge is 0.287 e. The lowest BCUT2D eigenvalue weighted by Gasteiger charge is -2.17. The van der Waals surface area contributed by atoms with E-state index in [1.54, 1.807) is 13.0 Å². The first-order valence-electron chi connectivity index (χ1n) is 2.93. The summed E-state index contributed by atoms with van der Waals surface area (Å²) in [5.74, 6) is -0.218. The molecular formula is C7H5BrCl2O. The molecule has 1 atom stereocenters. The zero-order valence-corrected chi connectivity index (χ0v) is 8.79. The third-order valence-corrected chi connectivity index (χ3v) is 2.34. The average molecular weight is 256 g/mol. The van der Waals surface area contributed by atoms with Crippen molar-refractivity contribution in [3.63, 3.8) is 0 Å². The number of Topliss-reactive ketones (excluding diaryl/α,β-unsaturated/α-hetero) is 1. The van der Waals surface area contributed by atoms with E-state index in [1.165, 1.54) is 6.08 Å². The summed E-state index contributed by atoms with van der Waals surface area (Å²) in [6.07, 6.45) is 3.13. The quantitative estimate of drug-likeness (QED) is 0.609. The SMILES string of the molecule is CC1(Cl)C=C(Cl)C(=O)C(Br)=C1. The summed E-state index contributed by atoms with van der Waals surface area (Å²) in [5, 5.41) is 0.164. The molecule has 1 aliphatic rings. The number of carbonyl (C=O) groups is 1. The van der Waals surface area contributed by atoms with Gasteiger partial charge in [0.1, 0.15) is 0 Å². The van der Waals surface area contributed by atoms with Crippen LogP contribution in [0, 0.1) is 0 Å². The highest BCUT2D eigenvalue weighted by molar-refractivity contribution is 9.12. The molecule has 0 fully saturated rings. The molecular weight excluding hydrogens is 251 g/mol. The molecule has 1 unspecified atom stereocenters. The van der Waals surface area contributed by atoms with Gasteiger partial charge in [0.25, 0.3) is 0 Å². The summed E-state index contributed by atoms with van der Waals surface area (Å²) in [6, 6.07) is 0. The minimum atomic E-state index is -0.649. The van der Waals surface area contributed by atoms with Crippen LogP contribution in [0.5, 0.6) is 0 Å². The van der Waals surface area contributed by atoms with Gasteiger partial charge in [0.05, 0.1) is 14.4 Å². The van der Waals surface area contributed by atoms with E-state index < -0.39 is 4.87 Å². The van der Waals surface area contributed by atoms with Crippen molar-refractivity contribution in [1.82, 2.24) is 0 Å². The Bertz CT molecular complexity index is 242. The molecule has 0 N–H and O–H groups in total. The second-order valence-corrected chi connectivity index (χ2v) is 4.54. The molecule has 0 saturated heterocycles. The molecule has 0 saturated carbocycles.